The van der Waals surface area contributed by atoms with Crippen molar-refractivity contribution < 1.29 is 0 Å². The van der Waals surface area contributed by atoms with Gasteiger partial charge in [-0.2, -0.15) is 0 Å². The summed E-state index contributed by atoms with van der Waals surface area (Å²) in [5.41, 5.74) is 8.07. The minimum atomic E-state index is -0.236. The van der Waals surface area contributed by atoms with Crippen LogP contribution < -0.4 is 5.73 Å². The summed E-state index contributed by atoms with van der Waals surface area (Å²) in [5.74, 6) is 0. The summed E-state index contributed by atoms with van der Waals surface area (Å²) in [7, 11) is 0. The van der Waals surface area contributed by atoms with Crippen molar-refractivity contribution >= 4 is 22.3 Å². The summed E-state index contributed by atoms with van der Waals surface area (Å²) in [5, 5.41) is 8.11. The summed E-state index contributed by atoms with van der Waals surface area (Å²) in [6.45, 7) is 0. The summed E-state index contributed by atoms with van der Waals surface area (Å²) in [6.07, 6.45) is 3.61. The molecule has 17 heavy (non-hydrogen) atoms. The molecule has 4 nitrogen and oxygen atoms in total. The summed E-state index contributed by atoms with van der Waals surface area (Å²) in [4.78, 5) is 4.11. The molecule has 0 bridgehead atoms. The molecule has 1 aromatic carbocycles. The molecule has 0 amide bonds. The lowest BCUT2D eigenvalue weighted by Crippen LogP contribution is -2.12. The second kappa shape index (κ2) is 4.20. The van der Waals surface area contributed by atoms with Crippen LogP contribution in [0.1, 0.15) is 17.3 Å². The van der Waals surface area contributed by atoms with E-state index in [1.54, 1.807) is 6.20 Å². The van der Waals surface area contributed by atoms with E-state index in [9.17, 15) is 0 Å². The first-order valence-electron chi connectivity index (χ1n) is 5.21. The Morgan fingerprint density at radius 3 is 3.00 bits per heavy atom. The van der Waals surface area contributed by atoms with Gasteiger partial charge in [0.1, 0.15) is 0 Å². The van der Waals surface area contributed by atoms with Crippen LogP contribution in [-0.4, -0.2) is 14.6 Å². The molecule has 84 valence electrons. The van der Waals surface area contributed by atoms with Crippen LogP contribution in [0.15, 0.2) is 42.0 Å². The van der Waals surface area contributed by atoms with E-state index in [0.29, 0.717) is 0 Å². The molecule has 5 heteroatoms. The van der Waals surface area contributed by atoms with Crippen LogP contribution in [0.5, 0.6) is 0 Å². The zero-order valence-corrected chi connectivity index (χ0v) is 9.76. The molecule has 0 aliphatic rings. The molecule has 0 aliphatic carbocycles. The smallest absolute Gasteiger partial charge is 0.0968 e. The molecule has 3 rings (SSSR count). The molecule has 2 aromatic heterocycles. The van der Waals surface area contributed by atoms with Crippen molar-refractivity contribution in [1.82, 2.24) is 14.6 Å². The second-order valence-corrected chi connectivity index (χ2v) is 4.36. The number of hydrogen-bond acceptors (Lipinski definition) is 5. The van der Waals surface area contributed by atoms with E-state index in [-0.39, 0.29) is 6.04 Å². The normalized spacial score (nSPS) is 12.8. The minimum absolute atomic E-state index is 0.236. The van der Waals surface area contributed by atoms with Gasteiger partial charge in [0.25, 0.3) is 0 Å². The Morgan fingerprint density at radius 1 is 1.24 bits per heavy atom. The van der Waals surface area contributed by atoms with Crippen molar-refractivity contribution in [3.63, 3.8) is 0 Å². The van der Waals surface area contributed by atoms with E-state index < -0.39 is 0 Å². The molecule has 3 aromatic rings. The number of benzene rings is 1. The van der Waals surface area contributed by atoms with Crippen LogP contribution >= 0.6 is 11.5 Å². The van der Waals surface area contributed by atoms with Gasteiger partial charge in [-0.1, -0.05) is 22.7 Å². The van der Waals surface area contributed by atoms with Gasteiger partial charge in [0.2, 0.25) is 0 Å². The molecule has 0 spiro atoms. The highest BCUT2D eigenvalue weighted by Gasteiger charge is 2.14. The van der Waals surface area contributed by atoms with Crippen LogP contribution in [0.2, 0.25) is 0 Å². The Labute approximate surface area is 102 Å². The molecule has 0 saturated heterocycles. The maximum Gasteiger partial charge on any atom is 0.0968 e. The van der Waals surface area contributed by atoms with Crippen LogP contribution in [0.25, 0.3) is 10.8 Å². The molecular formula is C12H10N4S. The van der Waals surface area contributed by atoms with E-state index in [1.165, 1.54) is 11.5 Å². The van der Waals surface area contributed by atoms with Gasteiger partial charge in [-0.15, -0.1) is 5.10 Å². The fraction of sp³-hybridized carbons (Fsp3) is 0.0833. The van der Waals surface area contributed by atoms with Gasteiger partial charge in [-0.3, -0.25) is 4.98 Å². The van der Waals surface area contributed by atoms with Crippen molar-refractivity contribution in [3.8, 4) is 0 Å². The SMILES string of the molecule is NC(c1csnn1)c1cccc2cnccc12. The number of hydrogen-bond donors (Lipinski definition) is 1. The fourth-order valence-electron chi connectivity index (χ4n) is 1.89. The standard InChI is InChI=1S/C12H10N4S/c13-12(11-7-17-16-15-11)10-3-1-2-8-6-14-5-4-9(8)10/h1-7,12H,13H2. The lowest BCUT2D eigenvalue weighted by atomic mass is 9.99. The molecule has 0 saturated carbocycles. The van der Waals surface area contributed by atoms with E-state index >= 15 is 0 Å². The van der Waals surface area contributed by atoms with E-state index in [2.05, 4.69) is 14.6 Å². The van der Waals surface area contributed by atoms with Crippen molar-refractivity contribution in [2.45, 2.75) is 6.04 Å². The molecule has 2 heterocycles. The van der Waals surface area contributed by atoms with Gasteiger partial charge in [0.15, 0.2) is 0 Å². The topological polar surface area (TPSA) is 64.7 Å². The lowest BCUT2D eigenvalue weighted by molar-refractivity contribution is 0.825. The zero-order valence-electron chi connectivity index (χ0n) is 8.95. The highest BCUT2D eigenvalue weighted by atomic mass is 32.1. The Balaban J connectivity index is 2.17. The maximum absolute atomic E-state index is 6.21. The molecule has 0 fully saturated rings. The van der Waals surface area contributed by atoms with Crippen LogP contribution in [0.4, 0.5) is 0 Å². The average Bonchev–Trinajstić information content (AvgIpc) is 2.91. The van der Waals surface area contributed by atoms with Gasteiger partial charge in [0.05, 0.1) is 11.7 Å². The molecule has 0 radical (unpaired) electrons. The van der Waals surface area contributed by atoms with Gasteiger partial charge < -0.3 is 5.73 Å². The van der Waals surface area contributed by atoms with Crippen molar-refractivity contribution in [1.29, 1.82) is 0 Å². The molecular weight excluding hydrogens is 232 g/mol. The molecule has 1 unspecified atom stereocenters. The molecule has 1 atom stereocenters. The highest BCUT2D eigenvalue weighted by Crippen LogP contribution is 2.25. The zero-order chi connectivity index (χ0) is 11.7. The minimum Gasteiger partial charge on any atom is -0.319 e. The Bertz CT molecular complexity index is 631. The van der Waals surface area contributed by atoms with Crippen molar-refractivity contribution in [3.05, 3.63) is 53.3 Å². The third-order valence-corrected chi connectivity index (χ3v) is 3.27. The number of nitrogens with zero attached hydrogens (tertiary/aromatic N) is 3. The molecule has 0 aliphatic heterocycles. The van der Waals surface area contributed by atoms with Crippen molar-refractivity contribution in [2.75, 3.05) is 0 Å². The van der Waals surface area contributed by atoms with E-state index in [1.807, 2.05) is 35.8 Å². The van der Waals surface area contributed by atoms with Crippen LogP contribution in [-0.2, 0) is 0 Å². The second-order valence-electron chi connectivity index (χ2n) is 3.75. The monoisotopic (exact) mass is 242 g/mol. The largest absolute Gasteiger partial charge is 0.319 e. The van der Waals surface area contributed by atoms with Gasteiger partial charge in [-0.25, -0.2) is 0 Å². The third kappa shape index (κ3) is 1.79. The summed E-state index contributed by atoms with van der Waals surface area (Å²) < 4.78 is 3.85. The van der Waals surface area contributed by atoms with E-state index in [4.69, 9.17) is 5.73 Å². The number of rotatable bonds is 2. The summed E-state index contributed by atoms with van der Waals surface area (Å²) >= 11 is 1.31. The summed E-state index contributed by atoms with van der Waals surface area (Å²) in [6, 6.07) is 7.77. The number of pyridine rings is 1. The number of fused-ring (bicyclic) bond motifs is 1. The van der Waals surface area contributed by atoms with Gasteiger partial charge in [-0.05, 0) is 28.5 Å². The first-order valence-corrected chi connectivity index (χ1v) is 6.05. The van der Waals surface area contributed by atoms with E-state index in [0.717, 1.165) is 22.0 Å². The Kier molecular flexibility index (Phi) is 2.55. The quantitative estimate of drug-likeness (QED) is 0.747. The average molecular weight is 242 g/mol. The third-order valence-electron chi connectivity index (χ3n) is 2.75. The van der Waals surface area contributed by atoms with Crippen LogP contribution in [0, 0.1) is 0 Å². The number of aromatic nitrogens is 3. The Hall–Kier alpha value is -1.85. The first-order chi connectivity index (χ1) is 8.36. The fourth-order valence-corrected chi connectivity index (χ4v) is 2.38. The van der Waals surface area contributed by atoms with Gasteiger partial charge >= 0.3 is 0 Å². The molecule has 2 N–H and O–H groups in total. The van der Waals surface area contributed by atoms with Crippen molar-refractivity contribution in [2.24, 2.45) is 5.73 Å². The highest BCUT2D eigenvalue weighted by molar-refractivity contribution is 7.03. The predicted molar refractivity (Wildman–Crippen MR) is 67.7 cm³/mol. The number of nitrogens with two attached hydrogens (primary N) is 1. The van der Waals surface area contributed by atoms with Gasteiger partial charge in [0, 0.05) is 23.2 Å². The van der Waals surface area contributed by atoms with Crippen LogP contribution in [0.3, 0.4) is 0 Å². The first kappa shape index (κ1) is 10.3. The Morgan fingerprint density at radius 2 is 2.18 bits per heavy atom. The lowest BCUT2D eigenvalue weighted by Gasteiger charge is -2.11. The maximum atomic E-state index is 6.21. The predicted octanol–water partition coefficient (Wildman–Crippen LogP) is 2.13.